The normalized spacial score (nSPS) is 10.8. The Bertz CT molecular complexity index is 64.3. The van der Waals surface area contributed by atoms with Crippen molar-refractivity contribution in [1.82, 2.24) is 0 Å². The minimum atomic E-state index is 0.764. The molecule has 0 spiro atoms. The van der Waals surface area contributed by atoms with E-state index in [-0.39, 0.29) is 0 Å². The molecular weight excluding hydrogens is 126 g/mol. The van der Waals surface area contributed by atoms with Gasteiger partial charge in [-0.15, -0.1) is 0 Å². The third kappa shape index (κ3) is 7.92. The van der Waals surface area contributed by atoms with Crippen molar-refractivity contribution in [3.8, 4) is 0 Å². The van der Waals surface area contributed by atoms with Crippen LogP contribution in [0.5, 0.6) is 0 Å². The smallest absolute Gasteiger partial charge is 0.0762 e. The summed E-state index contributed by atoms with van der Waals surface area (Å²) in [5.41, 5.74) is 3.74. The van der Waals surface area contributed by atoms with E-state index in [1.165, 1.54) is 6.42 Å². The van der Waals surface area contributed by atoms with Crippen LogP contribution in [0.3, 0.4) is 0 Å². The summed E-state index contributed by atoms with van der Waals surface area (Å²) in [6.45, 7) is 7.21. The number of rotatable bonds is 6. The Hall–Kier alpha value is -0.0800. The SMILES string of the molecule is CC(C)CCOCCC[NH3+]. The Morgan fingerprint density at radius 3 is 2.50 bits per heavy atom. The summed E-state index contributed by atoms with van der Waals surface area (Å²) in [6.07, 6.45) is 2.27. The van der Waals surface area contributed by atoms with E-state index in [0.29, 0.717) is 0 Å². The summed E-state index contributed by atoms with van der Waals surface area (Å²) in [7, 11) is 0. The molecule has 0 atom stereocenters. The molecule has 0 amide bonds. The highest BCUT2D eigenvalue weighted by Gasteiger charge is 1.92. The van der Waals surface area contributed by atoms with Crippen LogP contribution in [0.2, 0.25) is 0 Å². The molecule has 10 heavy (non-hydrogen) atoms. The predicted octanol–water partition coefficient (Wildman–Crippen LogP) is 0.681. The molecule has 0 radical (unpaired) electrons. The van der Waals surface area contributed by atoms with Gasteiger partial charge in [0.25, 0.3) is 0 Å². The summed E-state index contributed by atoms with van der Waals surface area (Å²) < 4.78 is 5.34. The lowest BCUT2D eigenvalue weighted by atomic mass is 10.1. The molecule has 0 rings (SSSR count). The van der Waals surface area contributed by atoms with Gasteiger partial charge in [0.1, 0.15) is 0 Å². The number of ether oxygens (including phenoxy) is 1. The molecule has 2 nitrogen and oxygen atoms in total. The van der Waals surface area contributed by atoms with E-state index in [1.54, 1.807) is 0 Å². The standard InChI is InChI=1S/C8H19NO/c1-8(2)4-7-10-6-3-5-9/h8H,3-7,9H2,1-2H3/p+1. The van der Waals surface area contributed by atoms with Crippen molar-refractivity contribution in [2.45, 2.75) is 26.7 Å². The van der Waals surface area contributed by atoms with Crippen molar-refractivity contribution in [3.63, 3.8) is 0 Å². The zero-order valence-electron chi connectivity index (χ0n) is 7.23. The van der Waals surface area contributed by atoms with Gasteiger partial charge in [0.15, 0.2) is 0 Å². The summed E-state index contributed by atoms with van der Waals surface area (Å²) in [4.78, 5) is 0. The summed E-state index contributed by atoms with van der Waals surface area (Å²) in [5, 5.41) is 0. The summed E-state index contributed by atoms with van der Waals surface area (Å²) >= 11 is 0. The molecular formula is C8H20NO+. The highest BCUT2D eigenvalue weighted by molar-refractivity contribution is 4.42. The van der Waals surface area contributed by atoms with Crippen molar-refractivity contribution >= 4 is 0 Å². The molecule has 3 N–H and O–H groups in total. The zero-order chi connectivity index (χ0) is 7.82. The average molecular weight is 146 g/mol. The average Bonchev–Trinajstić information content (AvgIpc) is 1.87. The molecule has 0 unspecified atom stereocenters. The van der Waals surface area contributed by atoms with Crippen LogP contribution < -0.4 is 5.73 Å². The van der Waals surface area contributed by atoms with Gasteiger partial charge in [-0.1, -0.05) is 13.8 Å². The van der Waals surface area contributed by atoms with Gasteiger partial charge in [-0.2, -0.15) is 0 Å². The van der Waals surface area contributed by atoms with Crippen molar-refractivity contribution in [3.05, 3.63) is 0 Å². The molecule has 0 saturated carbocycles. The van der Waals surface area contributed by atoms with Gasteiger partial charge < -0.3 is 10.5 Å². The van der Waals surface area contributed by atoms with Crippen molar-refractivity contribution in [2.75, 3.05) is 19.8 Å². The monoisotopic (exact) mass is 146 g/mol. The zero-order valence-corrected chi connectivity index (χ0v) is 7.23. The van der Waals surface area contributed by atoms with E-state index in [9.17, 15) is 0 Å². The van der Waals surface area contributed by atoms with E-state index in [4.69, 9.17) is 4.74 Å². The van der Waals surface area contributed by atoms with Gasteiger partial charge in [0, 0.05) is 13.0 Å². The maximum atomic E-state index is 5.34. The molecule has 0 heterocycles. The van der Waals surface area contributed by atoms with E-state index >= 15 is 0 Å². The van der Waals surface area contributed by atoms with Gasteiger partial charge in [-0.3, -0.25) is 0 Å². The molecule has 0 aromatic heterocycles. The van der Waals surface area contributed by atoms with Gasteiger partial charge in [0.05, 0.1) is 13.2 Å². The third-order valence-corrected chi connectivity index (χ3v) is 1.38. The molecule has 0 aliphatic carbocycles. The number of hydrogen-bond acceptors (Lipinski definition) is 1. The second-order valence-electron chi connectivity index (χ2n) is 3.00. The van der Waals surface area contributed by atoms with E-state index in [0.717, 1.165) is 32.1 Å². The number of quaternary nitrogens is 1. The minimum absolute atomic E-state index is 0.764. The van der Waals surface area contributed by atoms with Crippen molar-refractivity contribution in [1.29, 1.82) is 0 Å². The fourth-order valence-corrected chi connectivity index (χ4v) is 0.625. The molecule has 62 valence electrons. The first-order valence-electron chi connectivity index (χ1n) is 4.14. The third-order valence-electron chi connectivity index (χ3n) is 1.38. The lowest BCUT2D eigenvalue weighted by molar-refractivity contribution is -0.369. The maximum Gasteiger partial charge on any atom is 0.0762 e. The fourth-order valence-electron chi connectivity index (χ4n) is 0.625. The van der Waals surface area contributed by atoms with Crippen LogP contribution in [0.15, 0.2) is 0 Å². The molecule has 0 saturated heterocycles. The Balaban J connectivity index is 2.77. The van der Waals surface area contributed by atoms with E-state index in [1.807, 2.05) is 0 Å². The second-order valence-corrected chi connectivity index (χ2v) is 3.00. The highest BCUT2D eigenvalue weighted by Crippen LogP contribution is 1.98. The first-order valence-corrected chi connectivity index (χ1v) is 4.14. The van der Waals surface area contributed by atoms with E-state index < -0.39 is 0 Å². The lowest BCUT2D eigenvalue weighted by Gasteiger charge is -2.04. The summed E-state index contributed by atoms with van der Waals surface area (Å²) in [6, 6.07) is 0. The Morgan fingerprint density at radius 2 is 2.00 bits per heavy atom. The first kappa shape index (κ1) is 9.92. The van der Waals surface area contributed by atoms with Gasteiger partial charge in [-0.05, 0) is 12.3 Å². The molecule has 0 aliphatic heterocycles. The summed E-state index contributed by atoms with van der Waals surface area (Å²) in [5.74, 6) is 0.764. The largest absolute Gasteiger partial charge is 0.381 e. The molecule has 0 bridgehead atoms. The van der Waals surface area contributed by atoms with Crippen LogP contribution in [-0.2, 0) is 4.74 Å². The van der Waals surface area contributed by atoms with Gasteiger partial charge >= 0.3 is 0 Å². The van der Waals surface area contributed by atoms with Crippen LogP contribution in [0.1, 0.15) is 26.7 Å². The molecule has 0 fully saturated rings. The predicted molar refractivity (Wildman–Crippen MR) is 42.6 cm³/mol. The maximum absolute atomic E-state index is 5.34. The fraction of sp³-hybridized carbons (Fsp3) is 1.00. The van der Waals surface area contributed by atoms with Crippen LogP contribution >= 0.6 is 0 Å². The quantitative estimate of drug-likeness (QED) is 0.550. The number of hydrogen-bond donors (Lipinski definition) is 1. The topological polar surface area (TPSA) is 36.9 Å². The Morgan fingerprint density at radius 1 is 1.30 bits per heavy atom. The van der Waals surface area contributed by atoms with Gasteiger partial charge in [0.2, 0.25) is 0 Å². The lowest BCUT2D eigenvalue weighted by Crippen LogP contribution is -2.50. The minimum Gasteiger partial charge on any atom is -0.381 e. The Kier molecular flexibility index (Phi) is 6.98. The molecule has 0 aromatic carbocycles. The van der Waals surface area contributed by atoms with Crippen LogP contribution in [0.25, 0.3) is 0 Å². The highest BCUT2D eigenvalue weighted by atomic mass is 16.5. The Labute approximate surface area is 63.7 Å². The van der Waals surface area contributed by atoms with Crippen molar-refractivity contribution in [2.24, 2.45) is 5.92 Å². The molecule has 0 aliphatic rings. The molecule has 0 aromatic rings. The second kappa shape index (κ2) is 7.03. The van der Waals surface area contributed by atoms with Gasteiger partial charge in [-0.25, -0.2) is 0 Å². The van der Waals surface area contributed by atoms with Crippen LogP contribution in [0, 0.1) is 5.92 Å². The molecule has 2 heteroatoms. The van der Waals surface area contributed by atoms with Crippen LogP contribution in [-0.4, -0.2) is 19.8 Å². The first-order chi connectivity index (χ1) is 4.77. The van der Waals surface area contributed by atoms with Crippen LogP contribution in [0.4, 0.5) is 0 Å². The van der Waals surface area contributed by atoms with Crippen molar-refractivity contribution < 1.29 is 10.5 Å². The van der Waals surface area contributed by atoms with E-state index in [2.05, 4.69) is 19.6 Å².